The van der Waals surface area contributed by atoms with Gasteiger partial charge in [-0.25, -0.2) is 13.0 Å². The first-order chi connectivity index (χ1) is 10.8. The van der Waals surface area contributed by atoms with Gasteiger partial charge in [-0.2, -0.15) is 0 Å². The summed E-state index contributed by atoms with van der Waals surface area (Å²) in [4.78, 5) is 0. The summed E-state index contributed by atoms with van der Waals surface area (Å²) >= 11 is 0. The Morgan fingerprint density at radius 3 is 1.70 bits per heavy atom. The van der Waals surface area contributed by atoms with Crippen LogP contribution in [0.5, 0.6) is 0 Å². The van der Waals surface area contributed by atoms with Crippen LogP contribution in [0.1, 0.15) is 11.1 Å². The van der Waals surface area contributed by atoms with Gasteiger partial charge in [-0.05, 0) is 11.1 Å². The van der Waals surface area contributed by atoms with Gasteiger partial charge in [0.2, 0.25) is 10.4 Å². The quantitative estimate of drug-likeness (QED) is 0.491. The Morgan fingerprint density at radius 2 is 1.39 bits per heavy atom. The lowest BCUT2D eigenvalue weighted by Gasteiger charge is -1.98. The average molecular weight is 335 g/mol. The predicted molar refractivity (Wildman–Crippen MR) is 90.9 cm³/mol. The topological polar surface area (TPSA) is 70.3 Å². The van der Waals surface area contributed by atoms with Crippen LogP contribution in [-0.4, -0.2) is 20.1 Å². The lowest BCUT2D eigenvalue weighted by atomic mass is 10.2. The Labute approximate surface area is 138 Å². The number of hydrogen-bond donors (Lipinski definition) is 0. The third kappa shape index (κ3) is 12.0. The van der Waals surface area contributed by atoms with Crippen LogP contribution >= 0.6 is 0 Å². The molecule has 0 unspecified atom stereocenters. The Morgan fingerprint density at radius 1 is 1.00 bits per heavy atom. The summed E-state index contributed by atoms with van der Waals surface area (Å²) in [6.07, 6.45) is 7.66. The fourth-order valence-corrected chi connectivity index (χ4v) is 1.24. The number of nitrogens with zero attached hydrogens (tertiary/aromatic N) is 1. The minimum Gasteiger partial charge on any atom is -0.726 e. The molecule has 5 nitrogen and oxygen atoms in total. The first-order valence-electron chi connectivity index (χ1n) is 6.59. The van der Waals surface area contributed by atoms with Gasteiger partial charge in [0.25, 0.3) is 0 Å². The van der Waals surface area contributed by atoms with Crippen LogP contribution < -0.4 is 4.57 Å². The molecule has 0 radical (unpaired) electrons. The highest BCUT2D eigenvalue weighted by molar-refractivity contribution is 7.80. The molecule has 0 aliphatic carbocycles. The second kappa shape index (κ2) is 11.3. The summed E-state index contributed by atoms with van der Waals surface area (Å²) in [7, 11) is -1.61. The number of aromatic nitrogens is 1. The first kappa shape index (κ1) is 20.7. The van der Waals surface area contributed by atoms with Crippen molar-refractivity contribution in [3.05, 3.63) is 79.1 Å². The number of benzene rings is 1. The van der Waals surface area contributed by atoms with Crippen molar-refractivity contribution >= 4 is 22.6 Å². The third-order valence-electron chi connectivity index (χ3n) is 2.48. The van der Waals surface area contributed by atoms with Crippen LogP contribution in [0.2, 0.25) is 0 Å². The lowest BCUT2D eigenvalue weighted by Crippen LogP contribution is -2.25. The molecule has 0 aliphatic heterocycles. The van der Waals surface area contributed by atoms with Gasteiger partial charge in [-0.3, -0.25) is 4.18 Å². The van der Waals surface area contributed by atoms with E-state index in [2.05, 4.69) is 17.3 Å². The molecule has 0 spiro atoms. The predicted octanol–water partition coefficient (Wildman–Crippen LogP) is 2.58. The van der Waals surface area contributed by atoms with Gasteiger partial charge in [-0.1, -0.05) is 55.6 Å². The monoisotopic (exact) mass is 335 g/mol. The van der Waals surface area contributed by atoms with Gasteiger partial charge in [-0.15, -0.1) is 0 Å². The van der Waals surface area contributed by atoms with E-state index in [1.54, 1.807) is 0 Å². The van der Waals surface area contributed by atoms with Crippen LogP contribution in [0.25, 0.3) is 12.2 Å². The van der Waals surface area contributed by atoms with Crippen molar-refractivity contribution in [2.24, 2.45) is 7.05 Å². The van der Waals surface area contributed by atoms with Crippen molar-refractivity contribution in [2.45, 2.75) is 0 Å². The molecule has 23 heavy (non-hydrogen) atoms. The van der Waals surface area contributed by atoms with Crippen molar-refractivity contribution in [3.8, 4) is 0 Å². The van der Waals surface area contributed by atoms with Gasteiger partial charge in [0.1, 0.15) is 7.05 Å². The molecule has 0 bridgehead atoms. The van der Waals surface area contributed by atoms with Crippen molar-refractivity contribution in [3.63, 3.8) is 0 Å². The highest BCUT2D eigenvalue weighted by Gasteiger charge is 1.87. The fourth-order valence-electron chi connectivity index (χ4n) is 1.24. The number of hydrogen-bond acceptors (Lipinski definition) is 4. The third-order valence-corrected chi connectivity index (χ3v) is 2.89. The zero-order chi connectivity index (χ0) is 17.7. The maximum absolute atomic E-state index is 9.22. The van der Waals surface area contributed by atoms with Crippen LogP contribution in [-0.2, 0) is 21.6 Å². The van der Waals surface area contributed by atoms with Crippen molar-refractivity contribution in [1.82, 2.24) is 0 Å². The van der Waals surface area contributed by atoms with Gasteiger partial charge < -0.3 is 4.55 Å². The van der Waals surface area contributed by atoms with Crippen LogP contribution in [0.4, 0.5) is 0 Å². The minimum atomic E-state index is -4.41. The van der Waals surface area contributed by atoms with E-state index in [1.165, 1.54) is 5.56 Å². The van der Waals surface area contributed by atoms with E-state index in [1.807, 2.05) is 78.6 Å². The maximum Gasteiger partial charge on any atom is 0.217 e. The van der Waals surface area contributed by atoms with E-state index in [4.69, 9.17) is 0 Å². The van der Waals surface area contributed by atoms with E-state index >= 15 is 0 Å². The van der Waals surface area contributed by atoms with Crippen LogP contribution in [0, 0.1) is 0 Å². The molecule has 0 N–H and O–H groups in total. The molecule has 2 rings (SSSR count). The smallest absolute Gasteiger partial charge is 0.217 e. The minimum absolute atomic E-state index is 0.808. The van der Waals surface area contributed by atoms with E-state index < -0.39 is 10.4 Å². The highest BCUT2D eigenvalue weighted by atomic mass is 32.3. The average Bonchev–Trinajstić information content (AvgIpc) is 2.57. The molecular weight excluding hydrogens is 314 g/mol. The summed E-state index contributed by atoms with van der Waals surface area (Å²) < 4.78 is 33.0. The second-order valence-corrected chi connectivity index (χ2v) is 5.34. The molecule has 0 saturated carbocycles. The molecule has 0 fully saturated rings. The lowest BCUT2D eigenvalue weighted by molar-refractivity contribution is -0.671. The molecule has 0 aliphatic rings. The zero-order valence-electron chi connectivity index (χ0n) is 13.3. The first-order valence-corrected chi connectivity index (χ1v) is 7.92. The molecule has 1 aromatic heterocycles. The number of pyridine rings is 1. The van der Waals surface area contributed by atoms with E-state index in [-0.39, 0.29) is 0 Å². The second-order valence-electron chi connectivity index (χ2n) is 4.19. The largest absolute Gasteiger partial charge is 0.726 e. The van der Waals surface area contributed by atoms with E-state index in [9.17, 15) is 13.0 Å². The van der Waals surface area contributed by atoms with Gasteiger partial charge >= 0.3 is 0 Å². The summed E-state index contributed by atoms with van der Waals surface area (Å²) in [5, 5.41) is 0. The number of aryl methyl sites for hydroxylation is 1. The Kier molecular flexibility index (Phi) is 10.2. The van der Waals surface area contributed by atoms with Crippen molar-refractivity contribution in [1.29, 1.82) is 0 Å². The van der Waals surface area contributed by atoms with Gasteiger partial charge in [0, 0.05) is 12.1 Å². The number of rotatable bonds is 3. The molecular formula is C17H21NO4S. The molecule has 2 aromatic rings. The summed E-state index contributed by atoms with van der Waals surface area (Å²) in [5.74, 6) is 0. The van der Waals surface area contributed by atoms with Crippen LogP contribution in [0.15, 0.2) is 68.0 Å². The maximum atomic E-state index is 9.22. The Bertz CT molecular complexity index is 680. The van der Waals surface area contributed by atoms with Crippen molar-refractivity contribution < 1.29 is 21.7 Å². The molecule has 0 amide bonds. The van der Waals surface area contributed by atoms with Crippen LogP contribution in [0.3, 0.4) is 0 Å². The van der Waals surface area contributed by atoms with Crippen molar-refractivity contribution in [2.75, 3.05) is 7.11 Å². The van der Waals surface area contributed by atoms with E-state index in [0.717, 1.165) is 12.7 Å². The molecule has 1 aromatic carbocycles. The fraction of sp³-hybridized carbons (Fsp3) is 0.118. The Balaban J connectivity index is 0.000000323. The Hall–Kier alpha value is -2.28. The molecule has 1 heterocycles. The van der Waals surface area contributed by atoms with E-state index in [0.29, 0.717) is 0 Å². The van der Waals surface area contributed by atoms with Gasteiger partial charge in [0.05, 0.1) is 7.11 Å². The molecule has 124 valence electrons. The standard InChI is InChI=1S/C8H10N.C8H8.CH4O4S/c1-3-8-4-6-9(2)7-5-8;1-2-8-6-4-3-5-7-8;1-5-6(2,3)4/h3-7H,1H2,2H3;2-7H,1H2;1H3,(H,2,3,4)/q+1;;/p-1. The molecule has 0 saturated heterocycles. The normalized spacial score (nSPS) is 9.52. The summed E-state index contributed by atoms with van der Waals surface area (Å²) in [6.45, 7) is 7.28. The summed E-state index contributed by atoms with van der Waals surface area (Å²) in [6, 6.07) is 14.1. The summed E-state index contributed by atoms with van der Waals surface area (Å²) in [5.41, 5.74) is 2.33. The van der Waals surface area contributed by atoms with Gasteiger partial charge in [0.15, 0.2) is 12.4 Å². The SMILES string of the molecule is C=Cc1cc[n+](C)cc1.C=Cc1ccccc1.COS(=O)(=O)[O-]. The molecule has 6 heteroatoms. The highest BCUT2D eigenvalue weighted by Crippen LogP contribution is 1.97. The zero-order valence-corrected chi connectivity index (χ0v) is 14.1. The molecule has 0 atom stereocenters.